The average Bonchev–Trinajstić information content (AvgIpc) is 3.01. The number of nitrogens with two attached hydrogens (primary N) is 1. The average molecular weight is 472 g/mol. The van der Waals surface area contributed by atoms with Gasteiger partial charge in [0.1, 0.15) is 0 Å². The smallest absolute Gasteiger partial charge is 0.250 e. The Kier molecular flexibility index (Phi) is 13.0. The monoisotopic (exact) mass is 471 g/mol. The Hall–Kier alpha value is -2.77. The van der Waals surface area contributed by atoms with E-state index in [0.717, 1.165) is 33.2 Å². The molecule has 2 N–H and O–H groups in total. The largest absolute Gasteiger partial charge is 0.504 e. The van der Waals surface area contributed by atoms with E-state index in [-0.39, 0.29) is 5.91 Å². The van der Waals surface area contributed by atoms with Gasteiger partial charge in [0.25, 0.3) is 5.91 Å². The number of pyridine rings is 1. The summed E-state index contributed by atoms with van der Waals surface area (Å²) in [6, 6.07) is 3.97. The van der Waals surface area contributed by atoms with E-state index >= 15 is 0 Å². The van der Waals surface area contributed by atoms with Crippen LogP contribution in [0, 0.1) is 12.8 Å². The topological polar surface area (TPSA) is 79.4 Å². The zero-order valence-electron chi connectivity index (χ0n) is 20.8. The molecule has 1 amide bonds. The van der Waals surface area contributed by atoms with E-state index < -0.39 is 0 Å². The fourth-order valence-electron chi connectivity index (χ4n) is 3.24. The van der Waals surface area contributed by atoms with Crippen molar-refractivity contribution >= 4 is 17.7 Å². The molecule has 2 aromatic rings. The molecule has 0 aliphatic carbocycles. The molecule has 2 heterocycles. The van der Waals surface area contributed by atoms with Crippen molar-refractivity contribution in [3.8, 4) is 0 Å². The number of methoxy groups -OCH3 is 2. The summed E-state index contributed by atoms with van der Waals surface area (Å²) in [5.74, 6) is 0.000931. The SMILES string of the molecule is COC.C\C=C/C=C(\C=C\OC)Sc1c(CC(C)C)c(C(N)=O)c(C)n1Cc1ccncc1. The molecule has 0 fully saturated rings. The molecule has 0 aromatic carbocycles. The Labute approximate surface area is 202 Å². The Morgan fingerprint density at radius 1 is 1.24 bits per heavy atom. The molecule has 0 saturated carbocycles. The Bertz CT molecular complexity index is 961. The Balaban J connectivity index is 0.00000172. The third kappa shape index (κ3) is 8.94. The second-order valence-electron chi connectivity index (χ2n) is 7.79. The molecule has 0 aliphatic heterocycles. The molecule has 0 radical (unpaired) electrons. The van der Waals surface area contributed by atoms with Gasteiger partial charge in [-0.25, -0.2) is 0 Å². The van der Waals surface area contributed by atoms with Gasteiger partial charge in [-0.3, -0.25) is 9.78 Å². The predicted octanol–water partition coefficient (Wildman–Crippen LogP) is 5.51. The van der Waals surface area contributed by atoms with E-state index in [1.165, 1.54) is 0 Å². The van der Waals surface area contributed by atoms with Crippen molar-refractivity contribution in [2.45, 2.75) is 45.7 Å². The van der Waals surface area contributed by atoms with E-state index in [0.29, 0.717) is 18.0 Å². The third-order valence-electron chi connectivity index (χ3n) is 4.56. The lowest BCUT2D eigenvalue weighted by atomic mass is 10.0. The number of carbonyl (C=O) groups is 1. The highest BCUT2D eigenvalue weighted by molar-refractivity contribution is 8.03. The number of hydrogen-bond donors (Lipinski definition) is 1. The number of nitrogens with zero attached hydrogens (tertiary/aromatic N) is 2. The van der Waals surface area contributed by atoms with Gasteiger partial charge in [-0.1, -0.05) is 37.8 Å². The fourth-order valence-corrected chi connectivity index (χ4v) is 4.35. The van der Waals surface area contributed by atoms with E-state index in [2.05, 4.69) is 28.1 Å². The lowest BCUT2D eigenvalue weighted by molar-refractivity contribution is 0.0998. The molecule has 0 unspecified atom stereocenters. The van der Waals surface area contributed by atoms with Crippen molar-refractivity contribution in [3.63, 3.8) is 0 Å². The summed E-state index contributed by atoms with van der Waals surface area (Å²) in [7, 11) is 4.88. The van der Waals surface area contributed by atoms with Crippen LogP contribution in [-0.2, 0) is 22.4 Å². The van der Waals surface area contributed by atoms with E-state index in [1.54, 1.807) is 51.7 Å². The maximum absolute atomic E-state index is 12.4. The van der Waals surface area contributed by atoms with Crippen molar-refractivity contribution < 1.29 is 14.3 Å². The third-order valence-corrected chi connectivity index (χ3v) is 5.72. The summed E-state index contributed by atoms with van der Waals surface area (Å²) in [4.78, 5) is 17.5. The van der Waals surface area contributed by atoms with E-state index in [9.17, 15) is 4.79 Å². The number of amides is 1. The number of thioether (sulfide) groups is 1. The molecule has 0 aliphatic rings. The summed E-state index contributed by atoms with van der Waals surface area (Å²) in [5, 5.41) is 1.03. The second kappa shape index (κ2) is 15.1. The Morgan fingerprint density at radius 2 is 1.88 bits per heavy atom. The van der Waals surface area contributed by atoms with Gasteiger partial charge >= 0.3 is 0 Å². The minimum atomic E-state index is -0.384. The molecule has 0 bridgehead atoms. The minimum absolute atomic E-state index is 0.384. The van der Waals surface area contributed by atoms with Crippen molar-refractivity contribution in [1.29, 1.82) is 0 Å². The first-order chi connectivity index (χ1) is 15.8. The normalized spacial score (nSPS) is 11.8. The first-order valence-corrected chi connectivity index (χ1v) is 11.6. The van der Waals surface area contributed by atoms with Crippen molar-refractivity contribution in [2.75, 3.05) is 21.3 Å². The van der Waals surface area contributed by atoms with Crippen LogP contribution in [0.15, 0.2) is 65.0 Å². The van der Waals surface area contributed by atoms with E-state index in [4.69, 9.17) is 10.5 Å². The quantitative estimate of drug-likeness (QED) is 0.281. The number of aromatic nitrogens is 2. The van der Waals surface area contributed by atoms with Gasteiger partial charge in [-0.2, -0.15) is 0 Å². The van der Waals surface area contributed by atoms with Crippen LogP contribution < -0.4 is 5.73 Å². The number of carbonyl (C=O) groups excluding carboxylic acids is 1. The summed E-state index contributed by atoms with van der Waals surface area (Å²) in [6.07, 6.45) is 13.9. The van der Waals surface area contributed by atoms with Crippen molar-refractivity contribution in [2.24, 2.45) is 11.7 Å². The Morgan fingerprint density at radius 3 is 2.39 bits per heavy atom. The molecular formula is C26H37N3O3S. The second-order valence-corrected chi connectivity index (χ2v) is 8.85. The van der Waals surface area contributed by atoms with Crippen LogP contribution in [0.3, 0.4) is 0 Å². The van der Waals surface area contributed by atoms with Gasteiger partial charge in [-0.15, -0.1) is 0 Å². The molecule has 7 heteroatoms. The number of hydrogen-bond acceptors (Lipinski definition) is 5. The maximum atomic E-state index is 12.4. The van der Waals surface area contributed by atoms with Gasteiger partial charge in [0.05, 0.1) is 24.0 Å². The van der Waals surface area contributed by atoms with Gasteiger partial charge < -0.3 is 19.8 Å². The van der Waals surface area contributed by atoms with Crippen LogP contribution in [0.4, 0.5) is 0 Å². The first kappa shape index (κ1) is 28.3. The van der Waals surface area contributed by atoms with Crippen LogP contribution >= 0.6 is 11.8 Å². The van der Waals surface area contributed by atoms with Gasteiger partial charge in [-0.05, 0) is 61.6 Å². The van der Waals surface area contributed by atoms with Gasteiger partial charge in [0, 0.05) is 43.8 Å². The highest BCUT2D eigenvalue weighted by Gasteiger charge is 2.25. The highest BCUT2D eigenvalue weighted by Crippen LogP contribution is 2.37. The molecule has 0 atom stereocenters. The van der Waals surface area contributed by atoms with Crippen LogP contribution in [0.2, 0.25) is 0 Å². The minimum Gasteiger partial charge on any atom is -0.504 e. The number of primary amides is 1. The molecule has 2 rings (SSSR count). The molecule has 6 nitrogen and oxygen atoms in total. The molecule has 0 spiro atoms. The summed E-state index contributed by atoms with van der Waals surface area (Å²) in [5.41, 5.74) is 9.46. The van der Waals surface area contributed by atoms with Gasteiger partial charge in [0.15, 0.2) is 0 Å². The predicted molar refractivity (Wildman–Crippen MR) is 137 cm³/mol. The van der Waals surface area contributed by atoms with Crippen LogP contribution in [-0.4, -0.2) is 36.8 Å². The maximum Gasteiger partial charge on any atom is 0.250 e. The molecule has 180 valence electrons. The summed E-state index contributed by atoms with van der Waals surface area (Å²) < 4.78 is 11.6. The van der Waals surface area contributed by atoms with Crippen LogP contribution in [0.25, 0.3) is 0 Å². The van der Waals surface area contributed by atoms with E-state index in [1.807, 2.05) is 50.3 Å². The number of rotatable bonds is 10. The lowest BCUT2D eigenvalue weighted by Gasteiger charge is -2.14. The summed E-state index contributed by atoms with van der Waals surface area (Å²) >= 11 is 1.62. The molecule has 33 heavy (non-hydrogen) atoms. The lowest BCUT2D eigenvalue weighted by Crippen LogP contribution is -2.15. The molecule has 0 saturated heterocycles. The standard InChI is InChI=1S/C24H31N3O2S.C2H6O/c1-6-7-8-20(11-14-29-5)30-24-21(15-17(2)3)22(23(25)28)18(4)27(24)16-19-9-12-26-13-10-19;1-3-2/h6-14,17H,15-16H2,1-5H3,(H2,25,28);1-2H3/b7-6-,14-11+,20-8+;. The van der Waals surface area contributed by atoms with Crippen LogP contribution in [0.5, 0.6) is 0 Å². The number of ether oxygens (including phenoxy) is 2. The van der Waals surface area contributed by atoms with Gasteiger partial charge in [0.2, 0.25) is 0 Å². The fraction of sp³-hybridized carbons (Fsp3) is 0.385. The summed E-state index contributed by atoms with van der Waals surface area (Å²) in [6.45, 7) is 8.88. The number of allylic oxidation sites excluding steroid dienone is 4. The highest BCUT2D eigenvalue weighted by atomic mass is 32.2. The first-order valence-electron chi connectivity index (χ1n) is 10.8. The van der Waals surface area contributed by atoms with Crippen molar-refractivity contribution in [3.05, 3.63) is 82.4 Å². The zero-order chi connectivity index (χ0) is 24.8. The van der Waals surface area contributed by atoms with Crippen molar-refractivity contribution in [1.82, 2.24) is 9.55 Å². The zero-order valence-corrected chi connectivity index (χ0v) is 21.6. The molecular weight excluding hydrogens is 434 g/mol. The van der Waals surface area contributed by atoms with Crippen LogP contribution in [0.1, 0.15) is 48.0 Å². The molecule has 2 aromatic heterocycles.